The van der Waals surface area contributed by atoms with E-state index in [4.69, 9.17) is 4.74 Å². The number of piperidine rings is 1. The zero-order chi connectivity index (χ0) is 11.6. The van der Waals surface area contributed by atoms with Gasteiger partial charge in [0.1, 0.15) is 0 Å². The van der Waals surface area contributed by atoms with Crippen molar-refractivity contribution >= 4 is 0 Å². The van der Waals surface area contributed by atoms with Crippen LogP contribution >= 0.6 is 0 Å². The molecule has 0 bridgehead atoms. The predicted molar refractivity (Wildman–Crippen MR) is 68.9 cm³/mol. The van der Waals surface area contributed by atoms with Crippen LogP contribution in [0.1, 0.15) is 38.5 Å². The van der Waals surface area contributed by atoms with Crippen LogP contribution in [-0.4, -0.2) is 51.3 Å². The summed E-state index contributed by atoms with van der Waals surface area (Å²) in [6, 6.07) is 0.773. The molecule has 1 aliphatic heterocycles. The average molecular weight is 228 g/mol. The van der Waals surface area contributed by atoms with E-state index in [1.165, 1.54) is 58.2 Å². The Labute approximate surface area is 101 Å². The van der Waals surface area contributed by atoms with Crippen molar-refractivity contribution in [3.8, 4) is 0 Å². The molecule has 1 rings (SSSR count). The molecular weight excluding hydrogens is 200 g/mol. The first-order chi connectivity index (χ1) is 7.83. The van der Waals surface area contributed by atoms with E-state index in [-0.39, 0.29) is 0 Å². The number of hydrogen-bond donors (Lipinski definition) is 1. The van der Waals surface area contributed by atoms with E-state index in [1.807, 2.05) is 0 Å². The molecule has 96 valence electrons. The maximum absolute atomic E-state index is 5.05. The molecule has 1 N–H and O–H groups in total. The Kier molecular flexibility index (Phi) is 7.81. The van der Waals surface area contributed by atoms with Gasteiger partial charge in [0.2, 0.25) is 0 Å². The highest BCUT2D eigenvalue weighted by molar-refractivity contribution is 4.73. The summed E-state index contributed by atoms with van der Waals surface area (Å²) in [6.45, 7) is 4.56. The van der Waals surface area contributed by atoms with E-state index in [0.717, 1.165) is 12.6 Å². The quantitative estimate of drug-likeness (QED) is 0.642. The van der Waals surface area contributed by atoms with Gasteiger partial charge in [0.15, 0.2) is 0 Å². The fourth-order valence-corrected chi connectivity index (χ4v) is 2.29. The van der Waals surface area contributed by atoms with E-state index in [9.17, 15) is 0 Å². The lowest BCUT2D eigenvalue weighted by atomic mass is 10.0. The molecule has 0 aromatic carbocycles. The van der Waals surface area contributed by atoms with Crippen LogP contribution in [0.5, 0.6) is 0 Å². The first-order valence-electron chi connectivity index (χ1n) is 6.74. The second-order valence-electron chi connectivity index (χ2n) is 4.94. The van der Waals surface area contributed by atoms with Gasteiger partial charge in [0.25, 0.3) is 0 Å². The minimum Gasteiger partial charge on any atom is -0.385 e. The van der Waals surface area contributed by atoms with Gasteiger partial charge < -0.3 is 15.0 Å². The van der Waals surface area contributed by atoms with E-state index in [2.05, 4.69) is 17.3 Å². The molecular formula is C13H28N2O. The van der Waals surface area contributed by atoms with Gasteiger partial charge in [-0.2, -0.15) is 0 Å². The monoisotopic (exact) mass is 228 g/mol. The second-order valence-corrected chi connectivity index (χ2v) is 4.94. The minimum absolute atomic E-state index is 0.773. The van der Waals surface area contributed by atoms with Crippen LogP contribution in [0.3, 0.4) is 0 Å². The molecule has 0 aromatic rings. The van der Waals surface area contributed by atoms with Gasteiger partial charge in [-0.3, -0.25) is 0 Å². The number of methoxy groups -OCH3 is 1. The summed E-state index contributed by atoms with van der Waals surface area (Å²) in [4.78, 5) is 2.45. The summed E-state index contributed by atoms with van der Waals surface area (Å²) in [5, 5.41) is 3.60. The zero-order valence-electron chi connectivity index (χ0n) is 11.0. The van der Waals surface area contributed by atoms with Crippen LogP contribution in [0.25, 0.3) is 0 Å². The molecule has 1 saturated heterocycles. The number of hydrogen-bond acceptors (Lipinski definition) is 3. The lowest BCUT2D eigenvalue weighted by molar-refractivity contribution is 0.186. The summed E-state index contributed by atoms with van der Waals surface area (Å²) in [7, 11) is 4.01. The van der Waals surface area contributed by atoms with Crippen molar-refractivity contribution in [1.82, 2.24) is 10.2 Å². The van der Waals surface area contributed by atoms with Crippen LogP contribution in [0.15, 0.2) is 0 Å². The number of nitrogens with zero attached hydrogens (tertiary/aromatic N) is 1. The van der Waals surface area contributed by atoms with E-state index in [0.29, 0.717) is 0 Å². The van der Waals surface area contributed by atoms with Gasteiger partial charge in [-0.25, -0.2) is 0 Å². The summed E-state index contributed by atoms with van der Waals surface area (Å²) in [5.41, 5.74) is 0. The molecule has 0 radical (unpaired) electrons. The van der Waals surface area contributed by atoms with Crippen molar-refractivity contribution in [2.45, 2.75) is 44.6 Å². The highest BCUT2D eigenvalue weighted by Crippen LogP contribution is 2.10. The van der Waals surface area contributed by atoms with Gasteiger partial charge in [-0.15, -0.1) is 0 Å². The molecule has 0 amide bonds. The van der Waals surface area contributed by atoms with Crippen molar-refractivity contribution in [2.75, 3.05) is 40.4 Å². The largest absolute Gasteiger partial charge is 0.385 e. The summed E-state index contributed by atoms with van der Waals surface area (Å²) >= 11 is 0. The zero-order valence-corrected chi connectivity index (χ0v) is 11.0. The van der Waals surface area contributed by atoms with Crippen molar-refractivity contribution in [3.63, 3.8) is 0 Å². The molecule has 3 heteroatoms. The van der Waals surface area contributed by atoms with E-state index in [1.54, 1.807) is 7.11 Å². The average Bonchev–Trinajstić information content (AvgIpc) is 2.33. The van der Waals surface area contributed by atoms with Crippen molar-refractivity contribution in [1.29, 1.82) is 0 Å². The fraction of sp³-hybridized carbons (Fsp3) is 1.00. The van der Waals surface area contributed by atoms with Crippen LogP contribution in [-0.2, 0) is 4.74 Å². The van der Waals surface area contributed by atoms with Gasteiger partial charge in [0.05, 0.1) is 0 Å². The van der Waals surface area contributed by atoms with Gasteiger partial charge in [-0.05, 0) is 58.8 Å². The van der Waals surface area contributed by atoms with E-state index < -0.39 is 0 Å². The normalized spacial score (nSPS) is 21.6. The molecule has 16 heavy (non-hydrogen) atoms. The second kappa shape index (κ2) is 8.97. The third kappa shape index (κ3) is 6.46. The van der Waals surface area contributed by atoms with Crippen LogP contribution in [0, 0.1) is 0 Å². The smallest absolute Gasteiger partial charge is 0.0462 e. The molecule has 1 unspecified atom stereocenters. The van der Waals surface area contributed by atoms with Crippen molar-refractivity contribution in [3.05, 3.63) is 0 Å². The summed E-state index contributed by atoms with van der Waals surface area (Å²) < 4.78 is 5.05. The summed E-state index contributed by atoms with van der Waals surface area (Å²) in [5.74, 6) is 0. The Morgan fingerprint density at radius 2 is 2.12 bits per heavy atom. The maximum atomic E-state index is 5.05. The minimum atomic E-state index is 0.773. The lowest BCUT2D eigenvalue weighted by Crippen LogP contribution is -2.36. The topological polar surface area (TPSA) is 24.5 Å². The highest BCUT2D eigenvalue weighted by Gasteiger charge is 2.12. The SMILES string of the molecule is COCCCCN(C)CCC1CCCCN1. The summed E-state index contributed by atoms with van der Waals surface area (Å²) in [6.07, 6.45) is 7.89. The molecule has 1 aliphatic rings. The third-order valence-electron chi connectivity index (χ3n) is 3.41. The molecule has 0 aromatic heterocycles. The van der Waals surface area contributed by atoms with Crippen molar-refractivity contribution in [2.24, 2.45) is 0 Å². The van der Waals surface area contributed by atoms with Gasteiger partial charge >= 0.3 is 0 Å². The molecule has 0 aliphatic carbocycles. The molecule has 1 heterocycles. The van der Waals surface area contributed by atoms with Crippen LogP contribution in [0.2, 0.25) is 0 Å². The Bertz CT molecular complexity index is 158. The van der Waals surface area contributed by atoms with Gasteiger partial charge in [0, 0.05) is 19.8 Å². The first-order valence-corrected chi connectivity index (χ1v) is 6.74. The maximum Gasteiger partial charge on any atom is 0.0462 e. The molecule has 1 fully saturated rings. The number of rotatable bonds is 8. The predicted octanol–water partition coefficient (Wildman–Crippen LogP) is 1.88. The highest BCUT2D eigenvalue weighted by atomic mass is 16.5. The number of unbranched alkanes of at least 4 members (excludes halogenated alkanes) is 1. The number of nitrogens with one attached hydrogen (secondary N) is 1. The Morgan fingerprint density at radius 3 is 2.81 bits per heavy atom. The lowest BCUT2D eigenvalue weighted by Gasteiger charge is -2.25. The van der Waals surface area contributed by atoms with Crippen LogP contribution < -0.4 is 5.32 Å². The van der Waals surface area contributed by atoms with Crippen LogP contribution in [0.4, 0.5) is 0 Å². The molecule has 1 atom stereocenters. The van der Waals surface area contributed by atoms with Gasteiger partial charge in [-0.1, -0.05) is 6.42 Å². The molecule has 0 saturated carbocycles. The molecule has 0 spiro atoms. The standard InChI is InChI=1S/C13H28N2O/c1-15(10-5-6-12-16-2)11-8-13-7-3-4-9-14-13/h13-14H,3-12H2,1-2H3. The molecule has 3 nitrogen and oxygen atoms in total. The Morgan fingerprint density at radius 1 is 1.25 bits per heavy atom. The number of ether oxygens (including phenoxy) is 1. The fourth-order valence-electron chi connectivity index (χ4n) is 2.29. The third-order valence-corrected chi connectivity index (χ3v) is 3.41. The first kappa shape index (κ1) is 13.9. The van der Waals surface area contributed by atoms with Crippen molar-refractivity contribution < 1.29 is 4.74 Å². The Balaban J connectivity index is 1.94. The van der Waals surface area contributed by atoms with E-state index >= 15 is 0 Å². The Hall–Kier alpha value is -0.120.